The van der Waals surface area contributed by atoms with Crippen molar-refractivity contribution in [3.8, 4) is 0 Å². The molecule has 98 valence electrons. The fourth-order valence-corrected chi connectivity index (χ4v) is 2.92. The van der Waals surface area contributed by atoms with Crippen LogP contribution in [0.4, 0.5) is 17.5 Å². The number of para-hydroxylation sites is 1. The number of fused-ring (bicyclic) bond motifs is 1. The molecule has 1 atom stereocenters. The summed E-state index contributed by atoms with van der Waals surface area (Å²) >= 11 is 3.38. The molecule has 19 heavy (non-hydrogen) atoms. The number of aromatic nitrogens is 2. The fourth-order valence-electron chi connectivity index (χ4n) is 2.53. The summed E-state index contributed by atoms with van der Waals surface area (Å²) in [6, 6.07) is 10.1. The van der Waals surface area contributed by atoms with E-state index >= 15 is 0 Å². The number of rotatable bonds is 1. The van der Waals surface area contributed by atoms with E-state index in [2.05, 4.69) is 55.9 Å². The van der Waals surface area contributed by atoms with Crippen LogP contribution in [0, 0.1) is 5.92 Å². The Morgan fingerprint density at radius 1 is 1.32 bits per heavy atom. The van der Waals surface area contributed by atoms with Gasteiger partial charge in [0.1, 0.15) is 10.4 Å². The van der Waals surface area contributed by atoms with Crippen molar-refractivity contribution < 1.29 is 0 Å². The zero-order valence-corrected chi connectivity index (χ0v) is 12.3. The maximum atomic E-state index is 5.81. The van der Waals surface area contributed by atoms with Gasteiger partial charge in [-0.3, -0.25) is 0 Å². The first-order valence-electron chi connectivity index (χ1n) is 6.29. The van der Waals surface area contributed by atoms with Crippen LogP contribution in [0.15, 0.2) is 34.9 Å². The van der Waals surface area contributed by atoms with Crippen molar-refractivity contribution in [1.82, 2.24) is 9.97 Å². The van der Waals surface area contributed by atoms with Crippen LogP contribution in [0.2, 0.25) is 0 Å². The monoisotopic (exact) mass is 318 g/mol. The molecule has 2 aromatic rings. The molecule has 2 heterocycles. The molecule has 0 saturated heterocycles. The second-order valence-corrected chi connectivity index (χ2v) is 5.78. The van der Waals surface area contributed by atoms with Crippen LogP contribution in [0.25, 0.3) is 0 Å². The highest BCUT2D eigenvalue weighted by molar-refractivity contribution is 9.10. The lowest BCUT2D eigenvalue weighted by Crippen LogP contribution is -2.31. The number of hydrogen-bond donors (Lipinski definition) is 1. The summed E-state index contributed by atoms with van der Waals surface area (Å²) in [4.78, 5) is 10.9. The van der Waals surface area contributed by atoms with Crippen molar-refractivity contribution in [3.05, 3.63) is 40.5 Å². The first kappa shape index (κ1) is 12.4. The molecule has 0 radical (unpaired) electrons. The molecule has 1 aliphatic rings. The lowest BCUT2D eigenvalue weighted by molar-refractivity contribution is 0.557. The first-order chi connectivity index (χ1) is 9.13. The summed E-state index contributed by atoms with van der Waals surface area (Å²) in [5.41, 5.74) is 8.33. The smallest absolute Gasteiger partial charge is 0.232 e. The highest BCUT2D eigenvalue weighted by Crippen LogP contribution is 2.34. The Bertz CT molecular complexity index is 594. The summed E-state index contributed by atoms with van der Waals surface area (Å²) in [6.45, 7) is 3.15. The average Bonchev–Trinajstić information content (AvgIpc) is 2.36. The zero-order valence-electron chi connectivity index (χ0n) is 10.7. The van der Waals surface area contributed by atoms with Crippen molar-refractivity contribution in [3.63, 3.8) is 0 Å². The van der Waals surface area contributed by atoms with Crippen LogP contribution in [0.1, 0.15) is 12.5 Å². The van der Waals surface area contributed by atoms with E-state index in [4.69, 9.17) is 5.73 Å². The Hall–Kier alpha value is -1.62. The van der Waals surface area contributed by atoms with Gasteiger partial charge in [0, 0.05) is 18.3 Å². The molecule has 1 aromatic heterocycles. The number of nitrogens with two attached hydrogens (primary N) is 1. The van der Waals surface area contributed by atoms with Crippen molar-refractivity contribution in [1.29, 1.82) is 0 Å². The van der Waals surface area contributed by atoms with Gasteiger partial charge >= 0.3 is 0 Å². The van der Waals surface area contributed by atoms with Gasteiger partial charge in [-0.15, -0.1) is 0 Å². The quantitative estimate of drug-likeness (QED) is 0.821. The number of hydrogen-bond acceptors (Lipinski definition) is 4. The van der Waals surface area contributed by atoms with Gasteiger partial charge in [-0.1, -0.05) is 25.1 Å². The van der Waals surface area contributed by atoms with E-state index in [1.54, 1.807) is 6.07 Å². The van der Waals surface area contributed by atoms with Gasteiger partial charge in [0.15, 0.2) is 0 Å². The molecule has 3 rings (SSSR count). The molecule has 2 N–H and O–H groups in total. The van der Waals surface area contributed by atoms with Crippen LogP contribution in [0.3, 0.4) is 0 Å². The van der Waals surface area contributed by atoms with E-state index in [1.165, 1.54) is 11.3 Å². The lowest BCUT2D eigenvalue weighted by atomic mass is 9.94. The number of nitrogens with zero attached hydrogens (tertiary/aromatic N) is 3. The van der Waals surface area contributed by atoms with Crippen LogP contribution in [-0.4, -0.2) is 16.5 Å². The summed E-state index contributed by atoms with van der Waals surface area (Å²) in [7, 11) is 0. The van der Waals surface area contributed by atoms with E-state index in [0.29, 0.717) is 22.3 Å². The van der Waals surface area contributed by atoms with E-state index in [-0.39, 0.29) is 0 Å². The number of benzene rings is 1. The number of nitrogen functional groups attached to an aromatic ring is 1. The van der Waals surface area contributed by atoms with Crippen molar-refractivity contribution in [2.24, 2.45) is 5.92 Å². The van der Waals surface area contributed by atoms with Gasteiger partial charge in [-0.05, 0) is 39.9 Å². The number of halogens is 1. The molecule has 0 amide bonds. The van der Waals surface area contributed by atoms with Crippen LogP contribution in [-0.2, 0) is 6.42 Å². The Labute approximate surface area is 120 Å². The van der Waals surface area contributed by atoms with E-state index < -0.39 is 0 Å². The van der Waals surface area contributed by atoms with E-state index in [0.717, 1.165) is 13.0 Å². The highest BCUT2D eigenvalue weighted by Gasteiger charge is 2.24. The Morgan fingerprint density at radius 2 is 2.11 bits per heavy atom. The molecule has 1 aliphatic heterocycles. The maximum absolute atomic E-state index is 5.81. The Morgan fingerprint density at radius 3 is 2.89 bits per heavy atom. The van der Waals surface area contributed by atoms with Gasteiger partial charge in [0.05, 0.1) is 0 Å². The minimum absolute atomic E-state index is 0.479. The third-order valence-corrected chi connectivity index (χ3v) is 3.70. The first-order valence-corrected chi connectivity index (χ1v) is 7.08. The summed E-state index contributed by atoms with van der Waals surface area (Å²) in [5.74, 6) is 1.71. The maximum Gasteiger partial charge on any atom is 0.232 e. The van der Waals surface area contributed by atoms with Crippen LogP contribution in [0.5, 0.6) is 0 Å². The van der Waals surface area contributed by atoms with Crippen LogP contribution >= 0.6 is 15.9 Å². The summed E-state index contributed by atoms with van der Waals surface area (Å²) in [6.07, 6.45) is 1.09. The van der Waals surface area contributed by atoms with Crippen molar-refractivity contribution in [2.45, 2.75) is 13.3 Å². The van der Waals surface area contributed by atoms with E-state index in [1.807, 2.05) is 6.07 Å². The Balaban J connectivity index is 2.09. The molecule has 1 unspecified atom stereocenters. The van der Waals surface area contributed by atoms with Gasteiger partial charge in [-0.2, -0.15) is 4.98 Å². The summed E-state index contributed by atoms with van der Waals surface area (Å²) in [5, 5.41) is 0. The van der Waals surface area contributed by atoms with Gasteiger partial charge in [0.25, 0.3) is 0 Å². The lowest BCUT2D eigenvalue weighted by Gasteiger charge is -2.33. The average molecular weight is 319 g/mol. The molecule has 0 spiro atoms. The molecule has 0 aliphatic carbocycles. The zero-order chi connectivity index (χ0) is 13.4. The van der Waals surface area contributed by atoms with E-state index in [9.17, 15) is 0 Å². The molecular formula is C14H15BrN4. The molecule has 0 saturated carbocycles. The molecule has 0 bridgehead atoms. The molecule has 1 aromatic carbocycles. The molecule has 0 fully saturated rings. The van der Waals surface area contributed by atoms with Gasteiger partial charge in [0.2, 0.25) is 5.95 Å². The third-order valence-electron chi connectivity index (χ3n) is 3.29. The standard InChI is InChI=1S/C14H15BrN4/c1-9-6-10-4-2-3-5-11(10)19(8-9)14-17-12(15)7-13(16)18-14/h2-5,7,9H,6,8H2,1H3,(H2,16,17,18). The Kier molecular flexibility index (Phi) is 3.14. The topological polar surface area (TPSA) is 55.0 Å². The third kappa shape index (κ3) is 2.42. The number of anilines is 3. The molecule has 4 nitrogen and oxygen atoms in total. The minimum Gasteiger partial charge on any atom is -0.383 e. The SMILES string of the molecule is CC1Cc2ccccc2N(c2nc(N)cc(Br)n2)C1. The normalized spacial score (nSPS) is 18.2. The minimum atomic E-state index is 0.479. The van der Waals surface area contributed by atoms with Crippen molar-refractivity contribution >= 4 is 33.4 Å². The summed E-state index contributed by atoms with van der Waals surface area (Å²) < 4.78 is 0.714. The van der Waals surface area contributed by atoms with Crippen LogP contribution < -0.4 is 10.6 Å². The predicted octanol–water partition coefficient (Wildman–Crippen LogP) is 3.15. The fraction of sp³-hybridized carbons (Fsp3) is 0.286. The predicted molar refractivity (Wildman–Crippen MR) is 80.5 cm³/mol. The van der Waals surface area contributed by atoms with Crippen molar-refractivity contribution in [2.75, 3.05) is 17.2 Å². The largest absolute Gasteiger partial charge is 0.383 e. The highest BCUT2D eigenvalue weighted by atomic mass is 79.9. The van der Waals surface area contributed by atoms with Gasteiger partial charge < -0.3 is 10.6 Å². The second kappa shape index (κ2) is 4.81. The van der Waals surface area contributed by atoms with Gasteiger partial charge in [-0.25, -0.2) is 4.98 Å². The second-order valence-electron chi connectivity index (χ2n) is 4.96. The molecule has 5 heteroatoms. The molecular weight excluding hydrogens is 304 g/mol.